The standard InChI is InChI=1S/C19H26F2N2O3S/c1-13(17-7-6-14(20)10-18(17)21)22-11-19(24)23(15-4-2-3-5-15)16-8-9-27(25,26)12-16/h6-7,10,13,15-16,22H,2-5,8-9,11-12H2,1H3. The van der Waals surface area contributed by atoms with E-state index in [-0.39, 0.29) is 36.0 Å². The van der Waals surface area contributed by atoms with E-state index >= 15 is 0 Å². The highest BCUT2D eigenvalue weighted by Crippen LogP contribution is 2.29. The third-order valence-electron chi connectivity index (χ3n) is 5.60. The second-order valence-electron chi connectivity index (χ2n) is 7.56. The summed E-state index contributed by atoms with van der Waals surface area (Å²) >= 11 is 0. The molecule has 1 heterocycles. The van der Waals surface area contributed by atoms with Crippen molar-refractivity contribution >= 4 is 15.7 Å². The number of sulfone groups is 1. The Morgan fingerprint density at radius 3 is 2.52 bits per heavy atom. The molecule has 0 radical (unpaired) electrons. The van der Waals surface area contributed by atoms with E-state index in [9.17, 15) is 22.0 Å². The molecule has 3 rings (SSSR count). The maximum Gasteiger partial charge on any atom is 0.237 e. The first-order valence-corrected chi connectivity index (χ1v) is 11.3. The molecule has 1 saturated heterocycles. The third kappa shape index (κ3) is 4.85. The van der Waals surface area contributed by atoms with Gasteiger partial charge in [0.1, 0.15) is 11.6 Å². The number of amides is 1. The fourth-order valence-electron chi connectivity index (χ4n) is 4.18. The number of carbonyl (C=O) groups excluding carboxylic acids is 1. The Kier molecular flexibility index (Phi) is 6.15. The Labute approximate surface area is 159 Å². The molecule has 2 atom stereocenters. The molecule has 0 aromatic heterocycles. The minimum atomic E-state index is -3.09. The first-order chi connectivity index (χ1) is 12.8. The molecule has 1 aliphatic heterocycles. The molecule has 150 valence electrons. The lowest BCUT2D eigenvalue weighted by Gasteiger charge is -2.34. The van der Waals surface area contributed by atoms with Crippen LogP contribution >= 0.6 is 0 Å². The van der Waals surface area contributed by atoms with Gasteiger partial charge in [0.05, 0.1) is 18.1 Å². The molecule has 1 saturated carbocycles. The predicted molar refractivity (Wildman–Crippen MR) is 98.9 cm³/mol. The van der Waals surface area contributed by atoms with Crippen LogP contribution in [0, 0.1) is 11.6 Å². The van der Waals surface area contributed by atoms with Gasteiger partial charge in [0.2, 0.25) is 5.91 Å². The molecule has 2 fully saturated rings. The van der Waals surface area contributed by atoms with Crippen molar-refractivity contribution in [2.24, 2.45) is 0 Å². The molecular weight excluding hydrogens is 374 g/mol. The summed E-state index contributed by atoms with van der Waals surface area (Å²) in [4.78, 5) is 14.7. The summed E-state index contributed by atoms with van der Waals surface area (Å²) in [7, 11) is -3.09. The average Bonchev–Trinajstić information content (AvgIpc) is 3.23. The highest BCUT2D eigenvalue weighted by molar-refractivity contribution is 7.91. The highest BCUT2D eigenvalue weighted by atomic mass is 32.2. The number of rotatable bonds is 6. The van der Waals surface area contributed by atoms with Crippen molar-refractivity contribution < 1.29 is 22.0 Å². The lowest BCUT2D eigenvalue weighted by Crippen LogP contribution is -2.50. The first-order valence-electron chi connectivity index (χ1n) is 9.47. The van der Waals surface area contributed by atoms with Gasteiger partial charge in [0.15, 0.2) is 9.84 Å². The molecule has 1 aromatic rings. The van der Waals surface area contributed by atoms with Crippen LogP contribution in [-0.2, 0) is 14.6 Å². The summed E-state index contributed by atoms with van der Waals surface area (Å²) in [5, 5.41) is 3.00. The van der Waals surface area contributed by atoms with Gasteiger partial charge < -0.3 is 10.2 Å². The van der Waals surface area contributed by atoms with E-state index in [0.29, 0.717) is 12.0 Å². The number of nitrogens with one attached hydrogen (secondary N) is 1. The molecule has 1 N–H and O–H groups in total. The van der Waals surface area contributed by atoms with E-state index in [0.717, 1.165) is 31.7 Å². The summed E-state index contributed by atoms with van der Waals surface area (Å²) < 4.78 is 50.7. The van der Waals surface area contributed by atoms with Crippen LogP contribution in [0.3, 0.4) is 0 Å². The summed E-state index contributed by atoms with van der Waals surface area (Å²) in [5.41, 5.74) is 0.292. The Morgan fingerprint density at radius 1 is 1.22 bits per heavy atom. The van der Waals surface area contributed by atoms with Gasteiger partial charge in [-0.25, -0.2) is 17.2 Å². The minimum absolute atomic E-state index is 0.00890. The van der Waals surface area contributed by atoms with Crippen LogP contribution in [0.15, 0.2) is 18.2 Å². The predicted octanol–water partition coefficient (Wildman–Crippen LogP) is 2.57. The molecule has 2 unspecified atom stereocenters. The maximum absolute atomic E-state index is 13.9. The maximum atomic E-state index is 13.9. The topological polar surface area (TPSA) is 66.5 Å². The number of halogens is 2. The molecule has 1 aromatic carbocycles. The van der Waals surface area contributed by atoms with Gasteiger partial charge in [0.25, 0.3) is 0 Å². The molecule has 8 heteroatoms. The van der Waals surface area contributed by atoms with E-state index in [1.54, 1.807) is 11.8 Å². The molecule has 27 heavy (non-hydrogen) atoms. The SMILES string of the molecule is CC(NCC(=O)N(C1CCCC1)C1CCS(=O)(=O)C1)c1ccc(F)cc1F. The van der Waals surface area contributed by atoms with E-state index in [2.05, 4.69) is 5.32 Å². The lowest BCUT2D eigenvalue weighted by molar-refractivity contribution is -0.134. The molecule has 0 spiro atoms. The molecule has 0 bridgehead atoms. The molecule has 2 aliphatic rings. The van der Waals surface area contributed by atoms with E-state index < -0.39 is 27.5 Å². The molecule has 1 amide bonds. The third-order valence-corrected chi connectivity index (χ3v) is 7.35. The van der Waals surface area contributed by atoms with Crippen LogP contribution in [0.2, 0.25) is 0 Å². The smallest absolute Gasteiger partial charge is 0.237 e. The van der Waals surface area contributed by atoms with Gasteiger partial charge in [0, 0.05) is 29.8 Å². The zero-order valence-electron chi connectivity index (χ0n) is 15.5. The van der Waals surface area contributed by atoms with Crippen molar-refractivity contribution in [1.29, 1.82) is 0 Å². The fraction of sp³-hybridized carbons (Fsp3) is 0.632. The van der Waals surface area contributed by atoms with Crippen LogP contribution in [0.1, 0.15) is 50.6 Å². The van der Waals surface area contributed by atoms with E-state index in [4.69, 9.17) is 0 Å². The lowest BCUT2D eigenvalue weighted by atomic mass is 10.1. The number of hydrogen-bond donors (Lipinski definition) is 1. The van der Waals surface area contributed by atoms with Crippen LogP contribution in [-0.4, -0.2) is 49.4 Å². The Balaban J connectivity index is 1.67. The normalized spacial score (nSPS) is 23.4. The highest BCUT2D eigenvalue weighted by Gasteiger charge is 2.38. The van der Waals surface area contributed by atoms with Crippen LogP contribution < -0.4 is 5.32 Å². The van der Waals surface area contributed by atoms with Crippen molar-refractivity contribution in [3.8, 4) is 0 Å². The van der Waals surface area contributed by atoms with Gasteiger partial charge in [-0.3, -0.25) is 4.79 Å². The molecule has 5 nitrogen and oxygen atoms in total. The van der Waals surface area contributed by atoms with Crippen molar-refractivity contribution in [2.45, 2.75) is 57.2 Å². The number of nitrogens with zero attached hydrogens (tertiary/aromatic N) is 1. The van der Waals surface area contributed by atoms with Gasteiger partial charge in [-0.05, 0) is 32.3 Å². The minimum Gasteiger partial charge on any atom is -0.335 e. The number of hydrogen-bond acceptors (Lipinski definition) is 4. The van der Waals surface area contributed by atoms with Gasteiger partial charge in [-0.15, -0.1) is 0 Å². The first kappa shape index (κ1) is 20.2. The Bertz CT molecular complexity index is 794. The monoisotopic (exact) mass is 400 g/mol. The zero-order valence-corrected chi connectivity index (χ0v) is 16.3. The van der Waals surface area contributed by atoms with Crippen molar-refractivity contribution in [1.82, 2.24) is 10.2 Å². The van der Waals surface area contributed by atoms with Gasteiger partial charge >= 0.3 is 0 Å². The molecular formula is C19H26F2N2O3S. The largest absolute Gasteiger partial charge is 0.335 e. The van der Waals surface area contributed by atoms with E-state index in [1.807, 2.05) is 0 Å². The van der Waals surface area contributed by atoms with Gasteiger partial charge in [-0.2, -0.15) is 0 Å². The average molecular weight is 400 g/mol. The summed E-state index contributed by atoms with van der Waals surface area (Å²) in [6.45, 7) is 1.70. The van der Waals surface area contributed by atoms with Crippen molar-refractivity contribution in [3.63, 3.8) is 0 Å². The Hall–Kier alpha value is -1.54. The summed E-state index contributed by atoms with van der Waals surface area (Å²) in [6, 6.07) is 2.72. The second kappa shape index (κ2) is 8.22. The van der Waals surface area contributed by atoms with Crippen molar-refractivity contribution in [2.75, 3.05) is 18.1 Å². The summed E-state index contributed by atoms with van der Waals surface area (Å²) in [6.07, 6.45) is 4.35. The van der Waals surface area contributed by atoms with E-state index in [1.165, 1.54) is 12.1 Å². The number of carbonyl (C=O) groups is 1. The fourth-order valence-corrected chi connectivity index (χ4v) is 5.89. The quantitative estimate of drug-likeness (QED) is 0.797. The molecule has 1 aliphatic carbocycles. The van der Waals surface area contributed by atoms with Crippen LogP contribution in [0.5, 0.6) is 0 Å². The number of benzene rings is 1. The second-order valence-corrected chi connectivity index (χ2v) is 9.79. The van der Waals surface area contributed by atoms with Crippen molar-refractivity contribution in [3.05, 3.63) is 35.4 Å². The summed E-state index contributed by atoms with van der Waals surface area (Å²) in [5.74, 6) is -1.30. The van der Waals surface area contributed by atoms with Gasteiger partial charge in [-0.1, -0.05) is 18.9 Å². The van der Waals surface area contributed by atoms with Crippen LogP contribution in [0.25, 0.3) is 0 Å². The Morgan fingerprint density at radius 2 is 1.93 bits per heavy atom. The zero-order chi connectivity index (χ0) is 19.6. The van der Waals surface area contributed by atoms with Crippen LogP contribution in [0.4, 0.5) is 8.78 Å².